The Labute approximate surface area is 111 Å². The maximum Gasteiger partial charge on any atom is 0.224 e. The van der Waals surface area contributed by atoms with Gasteiger partial charge in [0.2, 0.25) is 5.91 Å². The highest BCUT2D eigenvalue weighted by Gasteiger charge is 2.06. The molecule has 0 spiro atoms. The SMILES string of the molecule is Nc1ccc(CNC(=O)Cc2ccccc2O)cc1. The van der Waals surface area contributed by atoms with Gasteiger partial charge in [-0.3, -0.25) is 4.79 Å². The lowest BCUT2D eigenvalue weighted by Gasteiger charge is -2.07. The molecular weight excluding hydrogens is 240 g/mol. The maximum atomic E-state index is 11.8. The van der Waals surface area contributed by atoms with Crippen molar-refractivity contribution >= 4 is 11.6 Å². The van der Waals surface area contributed by atoms with Crippen molar-refractivity contribution in [3.8, 4) is 5.75 Å². The van der Waals surface area contributed by atoms with Crippen molar-refractivity contribution in [3.63, 3.8) is 0 Å². The molecule has 0 saturated carbocycles. The summed E-state index contributed by atoms with van der Waals surface area (Å²) in [5, 5.41) is 12.4. The van der Waals surface area contributed by atoms with Gasteiger partial charge in [-0.25, -0.2) is 0 Å². The molecule has 2 aromatic carbocycles. The van der Waals surface area contributed by atoms with Crippen LogP contribution in [0.3, 0.4) is 0 Å². The second-order valence-electron chi connectivity index (χ2n) is 4.32. The Bertz CT molecular complexity index is 565. The fourth-order valence-electron chi connectivity index (χ4n) is 1.73. The molecule has 4 nitrogen and oxygen atoms in total. The number of hydrogen-bond donors (Lipinski definition) is 3. The van der Waals surface area contributed by atoms with Crippen LogP contribution in [0.15, 0.2) is 48.5 Å². The molecule has 0 aromatic heterocycles. The van der Waals surface area contributed by atoms with E-state index >= 15 is 0 Å². The number of aromatic hydroxyl groups is 1. The number of nitrogen functional groups attached to an aromatic ring is 1. The normalized spacial score (nSPS) is 10.1. The average molecular weight is 256 g/mol. The second-order valence-corrected chi connectivity index (χ2v) is 4.32. The van der Waals surface area contributed by atoms with Crippen LogP contribution in [0.5, 0.6) is 5.75 Å². The third kappa shape index (κ3) is 3.74. The molecule has 1 amide bonds. The van der Waals surface area contributed by atoms with Crippen molar-refractivity contribution in [1.29, 1.82) is 0 Å². The third-order valence-electron chi connectivity index (χ3n) is 2.81. The summed E-state index contributed by atoms with van der Waals surface area (Å²) in [6.45, 7) is 0.451. The quantitative estimate of drug-likeness (QED) is 0.730. The van der Waals surface area contributed by atoms with Crippen LogP contribution in [-0.4, -0.2) is 11.0 Å². The van der Waals surface area contributed by atoms with E-state index in [2.05, 4.69) is 5.32 Å². The monoisotopic (exact) mass is 256 g/mol. The first-order valence-corrected chi connectivity index (χ1v) is 6.03. The van der Waals surface area contributed by atoms with Crippen molar-refractivity contribution in [2.24, 2.45) is 0 Å². The summed E-state index contributed by atoms with van der Waals surface area (Å²) >= 11 is 0. The molecule has 4 N–H and O–H groups in total. The minimum absolute atomic E-state index is 0.127. The molecule has 98 valence electrons. The average Bonchev–Trinajstić information content (AvgIpc) is 2.41. The number of nitrogens with two attached hydrogens (primary N) is 1. The molecule has 2 aromatic rings. The van der Waals surface area contributed by atoms with Crippen LogP contribution >= 0.6 is 0 Å². The molecule has 0 atom stereocenters. The van der Waals surface area contributed by atoms with E-state index in [-0.39, 0.29) is 18.1 Å². The van der Waals surface area contributed by atoms with Crippen LogP contribution in [0.25, 0.3) is 0 Å². The van der Waals surface area contributed by atoms with E-state index in [1.54, 1.807) is 36.4 Å². The third-order valence-corrected chi connectivity index (χ3v) is 2.81. The standard InChI is InChI=1S/C15H16N2O2/c16-13-7-5-11(6-8-13)10-17-15(19)9-12-3-1-2-4-14(12)18/h1-8,18H,9-10,16H2,(H,17,19). The number of phenols is 1. The number of hydrogen-bond acceptors (Lipinski definition) is 3. The van der Waals surface area contributed by atoms with Crippen LogP contribution in [-0.2, 0) is 17.8 Å². The molecule has 19 heavy (non-hydrogen) atoms. The van der Waals surface area contributed by atoms with Crippen molar-refractivity contribution in [1.82, 2.24) is 5.32 Å². The van der Waals surface area contributed by atoms with Gasteiger partial charge in [0.05, 0.1) is 6.42 Å². The van der Waals surface area contributed by atoms with Gasteiger partial charge in [0.25, 0.3) is 0 Å². The summed E-state index contributed by atoms with van der Waals surface area (Å²) in [4.78, 5) is 11.8. The van der Waals surface area contributed by atoms with Gasteiger partial charge >= 0.3 is 0 Å². The first-order valence-electron chi connectivity index (χ1n) is 6.03. The number of benzene rings is 2. The summed E-state index contributed by atoms with van der Waals surface area (Å²) in [7, 11) is 0. The summed E-state index contributed by atoms with van der Waals surface area (Å²) in [5.41, 5.74) is 7.89. The fourth-order valence-corrected chi connectivity index (χ4v) is 1.73. The first kappa shape index (κ1) is 13.0. The number of amides is 1. The number of anilines is 1. The lowest BCUT2D eigenvalue weighted by Crippen LogP contribution is -2.24. The Morgan fingerprint density at radius 1 is 1.11 bits per heavy atom. The molecule has 2 rings (SSSR count). The fraction of sp³-hybridized carbons (Fsp3) is 0.133. The molecule has 0 heterocycles. The van der Waals surface area contributed by atoms with Gasteiger partial charge in [0.1, 0.15) is 5.75 Å². The van der Waals surface area contributed by atoms with Crippen LogP contribution in [0.1, 0.15) is 11.1 Å². The number of carbonyl (C=O) groups excluding carboxylic acids is 1. The van der Waals surface area contributed by atoms with Gasteiger partial charge < -0.3 is 16.2 Å². The summed E-state index contributed by atoms with van der Waals surface area (Å²) in [6, 6.07) is 14.2. The maximum absolute atomic E-state index is 11.8. The van der Waals surface area contributed by atoms with E-state index in [9.17, 15) is 9.90 Å². The zero-order valence-corrected chi connectivity index (χ0v) is 10.5. The minimum atomic E-state index is -0.127. The molecule has 0 bridgehead atoms. The number of rotatable bonds is 4. The van der Waals surface area contributed by atoms with Gasteiger partial charge in [0, 0.05) is 17.8 Å². The largest absolute Gasteiger partial charge is 0.508 e. The van der Waals surface area contributed by atoms with Crippen LogP contribution in [0.2, 0.25) is 0 Å². The van der Waals surface area contributed by atoms with Gasteiger partial charge in [-0.1, -0.05) is 30.3 Å². The Kier molecular flexibility index (Phi) is 4.03. The topological polar surface area (TPSA) is 75.3 Å². The van der Waals surface area contributed by atoms with E-state index in [1.165, 1.54) is 0 Å². The van der Waals surface area contributed by atoms with E-state index in [4.69, 9.17) is 5.73 Å². The Balaban J connectivity index is 1.88. The Morgan fingerprint density at radius 3 is 2.47 bits per heavy atom. The lowest BCUT2D eigenvalue weighted by molar-refractivity contribution is -0.120. The van der Waals surface area contributed by atoms with Crippen LogP contribution in [0.4, 0.5) is 5.69 Å². The second kappa shape index (κ2) is 5.91. The number of para-hydroxylation sites is 1. The zero-order valence-electron chi connectivity index (χ0n) is 10.5. The highest BCUT2D eigenvalue weighted by Crippen LogP contribution is 2.15. The highest BCUT2D eigenvalue weighted by molar-refractivity contribution is 5.79. The molecule has 0 aliphatic carbocycles. The van der Waals surface area contributed by atoms with Gasteiger partial charge in [-0.2, -0.15) is 0 Å². The van der Waals surface area contributed by atoms with Gasteiger partial charge in [-0.15, -0.1) is 0 Å². The van der Waals surface area contributed by atoms with E-state index < -0.39 is 0 Å². The van der Waals surface area contributed by atoms with E-state index in [0.717, 1.165) is 5.56 Å². The molecule has 0 saturated heterocycles. The predicted octanol–water partition coefficient (Wildman–Crippen LogP) is 1.83. The van der Waals surface area contributed by atoms with Crippen molar-refractivity contribution < 1.29 is 9.90 Å². The van der Waals surface area contributed by atoms with Crippen molar-refractivity contribution in [3.05, 3.63) is 59.7 Å². The predicted molar refractivity (Wildman–Crippen MR) is 74.5 cm³/mol. The van der Waals surface area contributed by atoms with Gasteiger partial charge in [0.15, 0.2) is 0 Å². The van der Waals surface area contributed by atoms with Crippen molar-refractivity contribution in [2.75, 3.05) is 5.73 Å². The molecular formula is C15H16N2O2. The highest BCUT2D eigenvalue weighted by atomic mass is 16.3. The molecule has 0 fully saturated rings. The van der Waals surface area contributed by atoms with Gasteiger partial charge in [-0.05, 0) is 23.8 Å². The number of nitrogens with one attached hydrogen (secondary N) is 1. The summed E-state index contributed by atoms with van der Waals surface area (Å²) in [6.07, 6.45) is 0.168. The zero-order chi connectivity index (χ0) is 13.7. The molecule has 4 heteroatoms. The Morgan fingerprint density at radius 2 is 1.79 bits per heavy atom. The van der Waals surface area contributed by atoms with E-state index in [0.29, 0.717) is 17.8 Å². The molecule has 0 aliphatic heterocycles. The van der Waals surface area contributed by atoms with Crippen LogP contribution < -0.4 is 11.1 Å². The number of carbonyl (C=O) groups is 1. The number of phenolic OH excluding ortho intramolecular Hbond substituents is 1. The lowest BCUT2D eigenvalue weighted by atomic mass is 10.1. The van der Waals surface area contributed by atoms with Crippen molar-refractivity contribution in [2.45, 2.75) is 13.0 Å². The smallest absolute Gasteiger partial charge is 0.224 e. The Hall–Kier alpha value is -2.49. The molecule has 0 aliphatic rings. The van der Waals surface area contributed by atoms with E-state index in [1.807, 2.05) is 12.1 Å². The van der Waals surface area contributed by atoms with Crippen LogP contribution in [0, 0.1) is 0 Å². The molecule has 0 radical (unpaired) electrons. The minimum Gasteiger partial charge on any atom is -0.508 e. The first-order chi connectivity index (χ1) is 9.15. The molecule has 0 unspecified atom stereocenters. The summed E-state index contributed by atoms with van der Waals surface area (Å²) < 4.78 is 0. The summed E-state index contributed by atoms with van der Waals surface area (Å²) in [5.74, 6) is 0.0171.